The Labute approximate surface area is 430 Å². The van der Waals surface area contributed by atoms with Crippen LogP contribution in [0.3, 0.4) is 0 Å². The fourth-order valence-electron chi connectivity index (χ4n) is 7.08. The molecule has 0 unspecified atom stereocenters. The Morgan fingerprint density at radius 3 is 0.910 bits per heavy atom. The van der Waals surface area contributed by atoms with E-state index in [2.05, 4.69) is 0 Å². The molecule has 30 nitrogen and oxygen atoms in total. The van der Waals surface area contributed by atoms with E-state index in [1.807, 2.05) is 0 Å². The molecule has 5 atom stereocenters. The van der Waals surface area contributed by atoms with Gasteiger partial charge in [-0.25, -0.2) is 28.8 Å². The molecule has 0 spiro atoms. The Hall–Kier alpha value is -11.3. The van der Waals surface area contributed by atoms with Crippen molar-refractivity contribution in [2.75, 3.05) is 6.61 Å². The lowest BCUT2D eigenvalue weighted by Gasteiger charge is -2.43. The zero-order valence-electron chi connectivity index (χ0n) is 38.4. The van der Waals surface area contributed by atoms with Crippen LogP contribution < -0.4 is 4.74 Å². The fraction of sp³-hybridized carbons (Fsp3) is 0.125. The van der Waals surface area contributed by atoms with Gasteiger partial charge in [-0.2, -0.15) is 0 Å². The van der Waals surface area contributed by atoms with Crippen molar-refractivity contribution in [3.63, 3.8) is 0 Å². The zero-order valence-corrected chi connectivity index (χ0v) is 38.4. The van der Waals surface area contributed by atoms with Gasteiger partial charge in [0.15, 0.2) is 110 Å². The second kappa shape index (κ2) is 21.3. The van der Waals surface area contributed by atoms with Gasteiger partial charge in [-0.15, -0.1) is 0 Å². The summed E-state index contributed by atoms with van der Waals surface area (Å²) in [6, 6.07) is 6.37. The van der Waals surface area contributed by atoms with Crippen molar-refractivity contribution in [1.29, 1.82) is 0 Å². The summed E-state index contributed by atoms with van der Waals surface area (Å²) in [5.41, 5.74) is -4.90. The molecule has 0 aliphatic carbocycles. The van der Waals surface area contributed by atoms with Crippen LogP contribution in [0.4, 0.5) is 0 Å². The van der Waals surface area contributed by atoms with E-state index < -0.39 is 210 Å². The van der Waals surface area contributed by atoms with Gasteiger partial charge in [0.05, 0.1) is 33.4 Å². The Balaban J connectivity index is 1.37. The van der Waals surface area contributed by atoms with Gasteiger partial charge in [-0.05, 0) is 72.8 Å². The molecular weight excluding hydrogens is 1060 g/mol. The van der Waals surface area contributed by atoms with Crippen molar-refractivity contribution in [2.45, 2.75) is 30.7 Å². The number of carbonyl (C=O) groups excluding carboxylic acids is 6. The topological polar surface area (TPSA) is 511 Å². The molecule has 7 rings (SSSR count). The van der Waals surface area contributed by atoms with E-state index in [9.17, 15) is 116 Å². The molecule has 1 aliphatic rings. The van der Waals surface area contributed by atoms with Gasteiger partial charge in [0.1, 0.15) is 12.7 Å². The molecule has 1 aliphatic heterocycles. The number of esters is 6. The third kappa shape index (κ3) is 11.1. The molecule has 6 aromatic rings. The van der Waals surface area contributed by atoms with Gasteiger partial charge in [0.25, 0.3) is 0 Å². The van der Waals surface area contributed by atoms with Crippen LogP contribution in [0.1, 0.15) is 62.1 Å². The third-order valence-electron chi connectivity index (χ3n) is 10.9. The highest BCUT2D eigenvalue weighted by Crippen LogP contribution is 2.43. The van der Waals surface area contributed by atoms with E-state index in [0.29, 0.717) is 72.8 Å². The number of phenols is 17. The van der Waals surface area contributed by atoms with Crippen LogP contribution in [-0.4, -0.2) is 160 Å². The molecule has 0 amide bonds. The Morgan fingerprint density at radius 2 is 0.577 bits per heavy atom. The molecule has 1 heterocycles. The third-order valence-corrected chi connectivity index (χ3v) is 10.9. The summed E-state index contributed by atoms with van der Waals surface area (Å²) < 4.78 is 38.4. The molecule has 0 saturated carbocycles. The van der Waals surface area contributed by atoms with Crippen molar-refractivity contribution in [1.82, 2.24) is 0 Å². The number of hydrogen-bond acceptors (Lipinski definition) is 30. The number of rotatable bonds is 13. The largest absolute Gasteiger partial charge is 0.504 e. The predicted octanol–water partition coefficient (Wildman–Crippen LogP) is 2.32. The number of hydrogen-bond donors (Lipinski definition) is 17. The first-order valence-electron chi connectivity index (χ1n) is 21.3. The highest BCUT2D eigenvalue weighted by atomic mass is 16.7. The van der Waals surface area contributed by atoms with Crippen LogP contribution in [0.2, 0.25) is 0 Å². The van der Waals surface area contributed by atoms with Crippen molar-refractivity contribution in [3.05, 3.63) is 106 Å². The predicted molar refractivity (Wildman–Crippen MR) is 244 cm³/mol. The summed E-state index contributed by atoms with van der Waals surface area (Å²) in [5, 5.41) is 172. The maximum Gasteiger partial charge on any atom is 0.344 e. The molecule has 17 N–H and O–H groups in total. The summed E-state index contributed by atoms with van der Waals surface area (Å²) in [6.07, 6.45) is -12.8. The molecule has 0 aromatic heterocycles. The van der Waals surface area contributed by atoms with E-state index in [4.69, 9.17) is 33.2 Å². The first-order valence-corrected chi connectivity index (χ1v) is 21.3. The van der Waals surface area contributed by atoms with Crippen LogP contribution in [-0.2, 0) is 28.4 Å². The van der Waals surface area contributed by atoms with Gasteiger partial charge in [0.2, 0.25) is 18.1 Å². The van der Waals surface area contributed by atoms with E-state index in [0.717, 1.165) is 0 Å². The lowest BCUT2D eigenvalue weighted by molar-refractivity contribution is -0.282. The van der Waals surface area contributed by atoms with Crippen LogP contribution in [0.15, 0.2) is 72.8 Å². The van der Waals surface area contributed by atoms with Gasteiger partial charge < -0.3 is 120 Å². The molecule has 78 heavy (non-hydrogen) atoms. The summed E-state index contributed by atoms with van der Waals surface area (Å²) in [5.74, 6) is -30.1. The van der Waals surface area contributed by atoms with Crippen molar-refractivity contribution in [2.24, 2.45) is 0 Å². The summed E-state index contributed by atoms with van der Waals surface area (Å²) in [7, 11) is 0. The number of benzene rings is 6. The van der Waals surface area contributed by atoms with Crippen LogP contribution in [0, 0.1) is 0 Å². The normalized spacial score (nSPS) is 16.7. The van der Waals surface area contributed by atoms with E-state index in [1.165, 1.54) is 0 Å². The minimum atomic E-state index is -2.65. The van der Waals surface area contributed by atoms with Crippen LogP contribution in [0.5, 0.6) is 103 Å². The summed E-state index contributed by atoms with van der Waals surface area (Å²) in [6.45, 7) is -1.33. The van der Waals surface area contributed by atoms with Crippen molar-refractivity contribution in [3.8, 4) is 103 Å². The van der Waals surface area contributed by atoms with Gasteiger partial charge in [-0.3, -0.25) is 0 Å². The van der Waals surface area contributed by atoms with Gasteiger partial charge in [0, 0.05) is 0 Å². The minimum Gasteiger partial charge on any atom is -0.504 e. The molecule has 0 radical (unpaired) electrons. The Bertz CT molecular complexity index is 3320. The van der Waals surface area contributed by atoms with Gasteiger partial charge in [-0.1, -0.05) is 0 Å². The molecule has 30 heteroatoms. The highest BCUT2D eigenvalue weighted by Gasteiger charge is 2.55. The maximum absolute atomic E-state index is 14.4. The average molecular weight is 1090 g/mol. The molecule has 0 bridgehead atoms. The highest BCUT2D eigenvalue weighted by molar-refractivity contribution is 5.96. The van der Waals surface area contributed by atoms with Crippen molar-refractivity contribution >= 4 is 35.8 Å². The van der Waals surface area contributed by atoms with E-state index >= 15 is 0 Å². The molecular formula is C48H36O30. The first kappa shape index (κ1) is 54.5. The standard InChI is InChI=1S/C48H36O30/c49-20-1-14(2-21(50)33(20)61)42(66)72-13-32-39(75-44(68)16-5-24(53)35(63)25(54)6-16)40(76-45(69)19-11-30(59)38(31(60)12-19)74-43(67)15-3-22(51)34(62)23(52)4-15)41(77-46(70)17-7-26(55)36(64)27(56)8-17)48(73-32)78-47(71)18-9-28(57)37(65)29(58)10-18/h1-12,32,39-41,48-65H,13H2/t32-,39-,40+,41-,48+/m1/s1. The fourth-order valence-corrected chi connectivity index (χ4v) is 7.08. The first-order chi connectivity index (χ1) is 36.6. The number of aromatic hydroxyl groups is 17. The second-order valence-corrected chi connectivity index (χ2v) is 16.2. The smallest absolute Gasteiger partial charge is 0.344 e. The van der Waals surface area contributed by atoms with Gasteiger partial charge >= 0.3 is 35.8 Å². The Kier molecular flexibility index (Phi) is 14.9. The average Bonchev–Trinajstić information content (AvgIpc) is 3.40. The van der Waals surface area contributed by atoms with Crippen LogP contribution in [0.25, 0.3) is 0 Å². The monoisotopic (exact) mass is 1090 g/mol. The van der Waals surface area contributed by atoms with E-state index in [-0.39, 0.29) is 0 Å². The minimum absolute atomic E-state index is 0.449. The summed E-state index contributed by atoms with van der Waals surface area (Å²) in [4.78, 5) is 82.5. The molecule has 6 aromatic carbocycles. The lowest BCUT2D eigenvalue weighted by Crippen LogP contribution is -2.63. The number of phenolic OH excluding ortho intramolecular Hbond substituents is 17. The van der Waals surface area contributed by atoms with E-state index in [1.54, 1.807) is 0 Å². The van der Waals surface area contributed by atoms with Crippen LogP contribution >= 0.6 is 0 Å². The van der Waals surface area contributed by atoms with Crippen molar-refractivity contribution < 1.29 is 149 Å². The zero-order chi connectivity index (χ0) is 57.3. The molecule has 408 valence electrons. The maximum atomic E-state index is 14.4. The quantitative estimate of drug-likeness (QED) is 0.0341. The summed E-state index contributed by atoms with van der Waals surface area (Å²) >= 11 is 0. The molecule has 1 fully saturated rings. The SMILES string of the molecule is O=C(OC[C@H]1O[C@@H](OC(=O)c2cc(O)c(O)c(O)c2)[C@H](OC(=O)c2cc(O)c(O)c(O)c2)[C@@H](OC(=O)c2cc(O)c(OC(=O)c3cc(O)c(O)c(O)c3)c(O)c2)[C@@H]1OC(=O)c1cc(O)c(O)c(O)c1)c1cc(O)c(O)c(O)c1. The number of carbonyl (C=O) groups is 6. The lowest BCUT2D eigenvalue weighted by atomic mass is 9.97. The second-order valence-electron chi connectivity index (χ2n) is 16.2. The Morgan fingerprint density at radius 1 is 0.321 bits per heavy atom. The molecule has 1 saturated heterocycles. The number of ether oxygens (including phenoxy) is 7.